The van der Waals surface area contributed by atoms with E-state index < -0.39 is 0 Å². The third-order valence-electron chi connectivity index (χ3n) is 3.48. The van der Waals surface area contributed by atoms with Crippen LogP contribution >= 0.6 is 0 Å². The number of aromatic nitrogens is 1. The van der Waals surface area contributed by atoms with Gasteiger partial charge in [-0.15, -0.1) is 0 Å². The summed E-state index contributed by atoms with van der Waals surface area (Å²) >= 11 is 0. The number of aryl methyl sites for hydroxylation is 1. The van der Waals surface area contributed by atoms with Gasteiger partial charge in [0, 0.05) is 25.0 Å². The number of aliphatic hydroxyl groups is 1. The second kappa shape index (κ2) is 6.12. The molecule has 17 heavy (non-hydrogen) atoms. The molecule has 2 N–H and O–H groups in total. The summed E-state index contributed by atoms with van der Waals surface area (Å²) in [6.07, 6.45) is 9.22. The van der Waals surface area contributed by atoms with Crippen molar-refractivity contribution in [2.45, 2.75) is 57.7 Å². The standard InChI is InChI=1S/C14H22N2O/c1-11-7-12(9-15-8-11)10-16-13-5-3-2-4-6-14(13)17/h7-9,13-14,16-17H,2-6,10H2,1H3. The fraction of sp³-hybridized carbons (Fsp3) is 0.643. The molecule has 0 aromatic carbocycles. The Bertz CT molecular complexity index is 354. The lowest BCUT2D eigenvalue weighted by atomic mass is 10.1. The first-order valence-corrected chi connectivity index (χ1v) is 6.57. The quantitative estimate of drug-likeness (QED) is 0.788. The molecule has 1 aliphatic rings. The third kappa shape index (κ3) is 3.79. The van der Waals surface area contributed by atoms with Gasteiger partial charge in [-0.1, -0.05) is 25.3 Å². The van der Waals surface area contributed by atoms with Crippen molar-refractivity contribution in [3.05, 3.63) is 29.6 Å². The topological polar surface area (TPSA) is 45.2 Å². The molecule has 1 aromatic heterocycles. The summed E-state index contributed by atoms with van der Waals surface area (Å²) in [5, 5.41) is 13.5. The maximum Gasteiger partial charge on any atom is 0.0693 e. The van der Waals surface area contributed by atoms with E-state index in [2.05, 4.69) is 23.3 Å². The van der Waals surface area contributed by atoms with Crippen molar-refractivity contribution in [3.8, 4) is 0 Å². The Morgan fingerprint density at radius 2 is 2.12 bits per heavy atom. The van der Waals surface area contributed by atoms with Gasteiger partial charge in [0.1, 0.15) is 0 Å². The van der Waals surface area contributed by atoms with Crippen LogP contribution in [0.4, 0.5) is 0 Å². The molecule has 94 valence electrons. The van der Waals surface area contributed by atoms with E-state index in [0.29, 0.717) is 0 Å². The van der Waals surface area contributed by atoms with Gasteiger partial charge in [0.25, 0.3) is 0 Å². The van der Waals surface area contributed by atoms with E-state index in [1.54, 1.807) is 0 Å². The minimum Gasteiger partial charge on any atom is -0.392 e. The van der Waals surface area contributed by atoms with E-state index >= 15 is 0 Å². The summed E-state index contributed by atoms with van der Waals surface area (Å²) in [6, 6.07) is 2.39. The second-order valence-corrected chi connectivity index (χ2v) is 5.06. The van der Waals surface area contributed by atoms with Crippen LogP contribution in [0.15, 0.2) is 18.5 Å². The van der Waals surface area contributed by atoms with Crippen molar-refractivity contribution in [2.24, 2.45) is 0 Å². The molecule has 0 saturated heterocycles. The Morgan fingerprint density at radius 1 is 1.29 bits per heavy atom. The predicted octanol–water partition coefficient (Wildman–Crippen LogP) is 2.17. The minimum absolute atomic E-state index is 0.185. The van der Waals surface area contributed by atoms with Crippen LogP contribution in [0.3, 0.4) is 0 Å². The summed E-state index contributed by atoms with van der Waals surface area (Å²) in [7, 11) is 0. The van der Waals surface area contributed by atoms with Gasteiger partial charge in [0.2, 0.25) is 0 Å². The molecule has 2 atom stereocenters. The van der Waals surface area contributed by atoms with E-state index in [1.165, 1.54) is 24.0 Å². The molecule has 0 amide bonds. The van der Waals surface area contributed by atoms with E-state index in [9.17, 15) is 5.11 Å². The van der Waals surface area contributed by atoms with E-state index in [-0.39, 0.29) is 12.1 Å². The Labute approximate surface area is 103 Å². The summed E-state index contributed by atoms with van der Waals surface area (Å²) < 4.78 is 0. The zero-order valence-electron chi connectivity index (χ0n) is 10.5. The van der Waals surface area contributed by atoms with Crippen LogP contribution in [0.25, 0.3) is 0 Å². The Morgan fingerprint density at radius 3 is 2.94 bits per heavy atom. The molecule has 1 fully saturated rings. The second-order valence-electron chi connectivity index (χ2n) is 5.06. The molecular weight excluding hydrogens is 212 g/mol. The molecule has 2 rings (SSSR count). The highest BCUT2D eigenvalue weighted by Gasteiger charge is 2.20. The van der Waals surface area contributed by atoms with Crippen LogP contribution in [-0.4, -0.2) is 22.2 Å². The molecule has 3 heteroatoms. The summed E-state index contributed by atoms with van der Waals surface area (Å²) in [5.74, 6) is 0. The summed E-state index contributed by atoms with van der Waals surface area (Å²) in [6.45, 7) is 2.85. The number of hydrogen-bond donors (Lipinski definition) is 2. The van der Waals surface area contributed by atoms with Crippen molar-refractivity contribution < 1.29 is 5.11 Å². The number of rotatable bonds is 3. The zero-order chi connectivity index (χ0) is 12.1. The van der Waals surface area contributed by atoms with Crippen LogP contribution in [0.2, 0.25) is 0 Å². The van der Waals surface area contributed by atoms with Crippen molar-refractivity contribution in [1.29, 1.82) is 0 Å². The van der Waals surface area contributed by atoms with E-state index in [1.807, 2.05) is 12.4 Å². The average molecular weight is 234 g/mol. The first-order valence-electron chi connectivity index (χ1n) is 6.57. The molecular formula is C14H22N2O. The lowest BCUT2D eigenvalue weighted by molar-refractivity contribution is 0.119. The van der Waals surface area contributed by atoms with Crippen molar-refractivity contribution in [1.82, 2.24) is 10.3 Å². The van der Waals surface area contributed by atoms with Gasteiger partial charge >= 0.3 is 0 Å². The normalized spacial score (nSPS) is 25.5. The largest absolute Gasteiger partial charge is 0.392 e. The Kier molecular flexibility index (Phi) is 4.51. The van der Waals surface area contributed by atoms with Crippen molar-refractivity contribution >= 4 is 0 Å². The SMILES string of the molecule is Cc1cncc(CNC2CCCCCC2O)c1. The molecule has 0 bridgehead atoms. The van der Waals surface area contributed by atoms with Gasteiger partial charge in [0.05, 0.1) is 6.10 Å². The van der Waals surface area contributed by atoms with Gasteiger partial charge in [-0.2, -0.15) is 0 Å². The third-order valence-corrected chi connectivity index (χ3v) is 3.48. The molecule has 1 aliphatic carbocycles. The molecule has 0 radical (unpaired) electrons. The van der Waals surface area contributed by atoms with Crippen molar-refractivity contribution in [2.75, 3.05) is 0 Å². The number of pyridine rings is 1. The molecule has 2 unspecified atom stereocenters. The smallest absolute Gasteiger partial charge is 0.0693 e. The Balaban J connectivity index is 1.88. The molecule has 0 spiro atoms. The van der Waals surface area contributed by atoms with Crippen LogP contribution in [0.5, 0.6) is 0 Å². The van der Waals surface area contributed by atoms with Gasteiger partial charge in [0.15, 0.2) is 0 Å². The highest BCUT2D eigenvalue weighted by Crippen LogP contribution is 2.18. The van der Waals surface area contributed by atoms with Crippen LogP contribution in [0.1, 0.15) is 43.2 Å². The van der Waals surface area contributed by atoms with Gasteiger partial charge < -0.3 is 10.4 Å². The average Bonchev–Trinajstić information content (AvgIpc) is 2.52. The minimum atomic E-state index is -0.185. The molecule has 3 nitrogen and oxygen atoms in total. The lowest BCUT2D eigenvalue weighted by Gasteiger charge is -2.21. The zero-order valence-corrected chi connectivity index (χ0v) is 10.5. The summed E-state index contributed by atoms with van der Waals surface area (Å²) in [4.78, 5) is 4.18. The predicted molar refractivity (Wildman–Crippen MR) is 68.7 cm³/mol. The highest BCUT2D eigenvalue weighted by atomic mass is 16.3. The van der Waals surface area contributed by atoms with E-state index in [0.717, 1.165) is 25.8 Å². The monoisotopic (exact) mass is 234 g/mol. The number of nitrogens with one attached hydrogen (secondary N) is 1. The van der Waals surface area contributed by atoms with Gasteiger partial charge in [-0.05, 0) is 30.9 Å². The lowest BCUT2D eigenvalue weighted by Crippen LogP contribution is -2.38. The molecule has 0 aliphatic heterocycles. The first kappa shape index (κ1) is 12.5. The maximum atomic E-state index is 10.0. The molecule has 1 heterocycles. The van der Waals surface area contributed by atoms with E-state index in [4.69, 9.17) is 0 Å². The first-order chi connectivity index (χ1) is 8.25. The van der Waals surface area contributed by atoms with Crippen LogP contribution in [0, 0.1) is 6.92 Å². The fourth-order valence-corrected chi connectivity index (χ4v) is 2.49. The molecule has 1 saturated carbocycles. The summed E-state index contributed by atoms with van der Waals surface area (Å²) in [5.41, 5.74) is 2.38. The highest BCUT2D eigenvalue weighted by molar-refractivity contribution is 5.16. The maximum absolute atomic E-state index is 10.0. The number of hydrogen-bond acceptors (Lipinski definition) is 3. The van der Waals surface area contributed by atoms with Gasteiger partial charge in [-0.3, -0.25) is 4.98 Å². The number of nitrogens with zero attached hydrogens (tertiary/aromatic N) is 1. The number of aliphatic hydroxyl groups excluding tert-OH is 1. The Hall–Kier alpha value is -0.930. The van der Waals surface area contributed by atoms with Crippen LogP contribution in [-0.2, 0) is 6.54 Å². The van der Waals surface area contributed by atoms with Crippen LogP contribution < -0.4 is 5.32 Å². The van der Waals surface area contributed by atoms with Crippen molar-refractivity contribution in [3.63, 3.8) is 0 Å². The fourth-order valence-electron chi connectivity index (χ4n) is 2.49. The molecule has 1 aromatic rings. The van der Waals surface area contributed by atoms with Gasteiger partial charge in [-0.25, -0.2) is 0 Å².